The van der Waals surface area contributed by atoms with Gasteiger partial charge >= 0.3 is 11.9 Å². The smallest absolute Gasteiger partial charge is 0.303 e. The molecule has 0 unspecified atom stereocenters. The van der Waals surface area contributed by atoms with Crippen LogP contribution in [0.3, 0.4) is 0 Å². The molecule has 0 saturated carbocycles. The van der Waals surface area contributed by atoms with E-state index in [2.05, 4.69) is 0 Å². The lowest BCUT2D eigenvalue weighted by Crippen LogP contribution is -2.24. The Morgan fingerprint density at radius 1 is 0.680 bits per heavy atom. The van der Waals surface area contributed by atoms with Crippen molar-refractivity contribution in [3.63, 3.8) is 0 Å². The summed E-state index contributed by atoms with van der Waals surface area (Å²) >= 11 is 0. The van der Waals surface area contributed by atoms with E-state index in [-0.39, 0.29) is 55.1 Å². The summed E-state index contributed by atoms with van der Waals surface area (Å²) in [5.41, 5.74) is 0. The number of amides is 4. The van der Waals surface area contributed by atoms with E-state index in [0.717, 1.165) is 0 Å². The number of carbonyl (C=O) groups excluding carboxylic acids is 4. The predicted molar refractivity (Wildman–Crippen MR) is 74.9 cm³/mol. The number of rotatable bonds is 4. The van der Waals surface area contributed by atoms with Crippen LogP contribution in [0, 0.1) is 0 Å². The third-order valence-corrected chi connectivity index (χ3v) is 2.83. The average Bonchev–Trinajstić information content (AvgIpc) is 2.98. The molecule has 0 aromatic rings. The highest BCUT2D eigenvalue weighted by atomic mass is 16.5. The zero-order valence-electron chi connectivity index (χ0n) is 13.1. The van der Waals surface area contributed by atoms with Crippen LogP contribution in [0.15, 0.2) is 0 Å². The number of imide groups is 2. The molecule has 2 aliphatic rings. The lowest BCUT2D eigenvalue weighted by molar-refractivity contribution is -0.172. The van der Waals surface area contributed by atoms with Gasteiger partial charge in [-0.05, 0) is 6.42 Å². The molecule has 2 fully saturated rings. The Hall–Kier alpha value is -2.86. The molecule has 0 atom stereocenters. The van der Waals surface area contributed by atoms with Crippen molar-refractivity contribution in [1.82, 2.24) is 10.1 Å². The summed E-state index contributed by atoms with van der Waals surface area (Å²) in [7, 11) is 0. The molecular weight excluding hydrogens is 344 g/mol. The molecule has 12 nitrogen and oxygen atoms in total. The SMILES string of the molecule is O=C(O)CCCC(=O)O.O=C1CCC(=O)N1O.O=C1CCC(=O)N1O. The molecular formula is C13H18N2O10. The molecule has 0 radical (unpaired) electrons. The first-order valence-electron chi connectivity index (χ1n) is 7.09. The van der Waals surface area contributed by atoms with Gasteiger partial charge in [-0.25, -0.2) is 0 Å². The van der Waals surface area contributed by atoms with E-state index in [1.54, 1.807) is 0 Å². The number of aliphatic carboxylic acids is 2. The first-order chi connectivity index (χ1) is 11.6. The highest BCUT2D eigenvalue weighted by Crippen LogP contribution is 2.07. The van der Waals surface area contributed by atoms with Gasteiger partial charge in [0.25, 0.3) is 23.6 Å². The Labute approximate surface area is 141 Å². The fourth-order valence-corrected chi connectivity index (χ4v) is 1.52. The largest absolute Gasteiger partial charge is 0.481 e. The first kappa shape index (κ1) is 22.1. The maximum absolute atomic E-state index is 10.2. The van der Waals surface area contributed by atoms with E-state index in [1.807, 2.05) is 0 Å². The fourth-order valence-electron chi connectivity index (χ4n) is 1.52. The normalized spacial score (nSPS) is 16.2. The minimum absolute atomic E-state index is 0.0632. The first-order valence-corrected chi connectivity index (χ1v) is 7.09. The fraction of sp³-hybridized carbons (Fsp3) is 0.538. The minimum atomic E-state index is -0.948. The molecule has 4 N–H and O–H groups in total. The molecule has 0 aromatic heterocycles. The number of hydrogen-bond donors (Lipinski definition) is 4. The van der Waals surface area contributed by atoms with Crippen LogP contribution >= 0.6 is 0 Å². The van der Waals surface area contributed by atoms with Gasteiger partial charge in [0.05, 0.1) is 0 Å². The van der Waals surface area contributed by atoms with Gasteiger partial charge in [-0.3, -0.25) is 39.2 Å². The molecule has 2 saturated heterocycles. The van der Waals surface area contributed by atoms with Gasteiger partial charge in [-0.2, -0.15) is 10.1 Å². The number of carboxylic acid groups (broad SMARTS) is 2. The second-order valence-corrected chi connectivity index (χ2v) is 4.84. The lowest BCUT2D eigenvalue weighted by Gasteiger charge is -1.98. The van der Waals surface area contributed by atoms with Crippen molar-refractivity contribution in [1.29, 1.82) is 0 Å². The van der Waals surface area contributed by atoms with Gasteiger partial charge in [-0.15, -0.1) is 0 Å². The van der Waals surface area contributed by atoms with Gasteiger partial charge in [0, 0.05) is 38.5 Å². The molecule has 2 heterocycles. The maximum atomic E-state index is 10.2. The third kappa shape index (κ3) is 9.12. The Bertz CT molecular complexity index is 479. The van der Waals surface area contributed by atoms with E-state index in [1.165, 1.54) is 0 Å². The maximum Gasteiger partial charge on any atom is 0.303 e. The quantitative estimate of drug-likeness (QED) is 0.370. The number of carbonyl (C=O) groups is 6. The summed E-state index contributed by atoms with van der Waals surface area (Å²) in [6.07, 6.45) is 0.679. The molecule has 0 aromatic carbocycles. The van der Waals surface area contributed by atoms with Gasteiger partial charge < -0.3 is 10.2 Å². The van der Waals surface area contributed by atoms with E-state index >= 15 is 0 Å². The topological polar surface area (TPSA) is 190 Å². The summed E-state index contributed by atoms with van der Waals surface area (Å²) in [5, 5.41) is 33.2. The van der Waals surface area contributed by atoms with Crippen molar-refractivity contribution < 1.29 is 49.4 Å². The van der Waals surface area contributed by atoms with E-state index in [4.69, 9.17) is 20.6 Å². The van der Waals surface area contributed by atoms with Crippen molar-refractivity contribution in [3.8, 4) is 0 Å². The number of hydrogen-bond acceptors (Lipinski definition) is 8. The van der Waals surface area contributed by atoms with E-state index < -0.39 is 35.6 Å². The summed E-state index contributed by atoms with van der Waals surface area (Å²) in [6, 6.07) is 0. The Morgan fingerprint density at radius 2 is 0.920 bits per heavy atom. The summed E-state index contributed by atoms with van der Waals surface area (Å²) in [6.45, 7) is 0. The molecule has 25 heavy (non-hydrogen) atoms. The molecule has 0 bridgehead atoms. The zero-order valence-corrected chi connectivity index (χ0v) is 13.1. The van der Waals surface area contributed by atoms with Crippen LogP contribution in [0.1, 0.15) is 44.9 Å². The highest BCUT2D eigenvalue weighted by molar-refractivity contribution is 6.00. The van der Waals surface area contributed by atoms with Crippen molar-refractivity contribution in [2.75, 3.05) is 0 Å². The van der Waals surface area contributed by atoms with Crippen LogP contribution in [0.4, 0.5) is 0 Å². The monoisotopic (exact) mass is 362 g/mol. The Balaban J connectivity index is 0.000000346. The summed E-state index contributed by atoms with van der Waals surface area (Å²) in [5.74, 6) is -3.91. The Morgan fingerprint density at radius 3 is 1.04 bits per heavy atom. The van der Waals surface area contributed by atoms with Gasteiger partial charge in [0.15, 0.2) is 0 Å². The van der Waals surface area contributed by atoms with Crippen molar-refractivity contribution in [2.24, 2.45) is 0 Å². The standard InChI is InChI=1S/C5H8O4.2C4H5NO3/c6-4(7)2-1-3-5(8)9;2*6-3-1-2-4(7)5(3)8/h1-3H2,(H,6,7)(H,8,9);2*8H,1-2H2. The lowest BCUT2D eigenvalue weighted by atomic mass is 10.2. The van der Waals surface area contributed by atoms with E-state index in [9.17, 15) is 28.8 Å². The van der Waals surface area contributed by atoms with Crippen molar-refractivity contribution >= 4 is 35.6 Å². The van der Waals surface area contributed by atoms with Crippen molar-refractivity contribution in [2.45, 2.75) is 44.9 Å². The highest BCUT2D eigenvalue weighted by Gasteiger charge is 2.27. The predicted octanol–water partition coefficient (Wildman–Crippen LogP) is -0.625. The van der Waals surface area contributed by atoms with Crippen LogP contribution in [0.2, 0.25) is 0 Å². The third-order valence-electron chi connectivity index (χ3n) is 2.83. The number of carboxylic acids is 2. The number of nitrogens with zero attached hydrogens (tertiary/aromatic N) is 2. The molecule has 0 spiro atoms. The van der Waals surface area contributed by atoms with E-state index in [0.29, 0.717) is 0 Å². The van der Waals surface area contributed by atoms with Gasteiger partial charge in [0.2, 0.25) is 0 Å². The van der Waals surface area contributed by atoms with Crippen LogP contribution in [0.25, 0.3) is 0 Å². The van der Waals surface area contributed by atoms with Crippen LogP contribution in [0.5, 0.6) is 0 Å². The molecule has 12 heteroatoms. The molecule has 140 valence electrons. The van der Waals surface area contributed by atoms with Gasteiger partial charge in [-0.1, -0.05) is 0 Å². The average molecular weight is 362 g/mol. The number of hydroxylamine groups is 4. The molecule has 4 amide bonds. The second kappa shape index (κ2) is 10.8. The molecule has 0 aliphatic carbocycles. The van der Waals surface area contributed by atoms with Crippen LogP contribution < -0.4 is 0 Å². The minimum Gasteiger partial charge on any atom is -0.481 e. The summed E-state index contributed by atoms with van der Waals surface area (Å²) in [4.78, 5) is 60.5. The second-order valence-electron chi connectivity index (χ2n) is 4.84. The Kier molecular flexibility index (Phi) is 9.59. The van der Waals surface area contributed by atoms with Crippen LogP contribution in [-0.2, 0) is 28.8 Å². The van der Waals surface area contributed by atoms with Gasteiger partial charge in [0.1, 0.15) is 0 Å². The molecule has 2 rings (SSSR count). The van der Waals surface area contributed by atoms with Crippen LogP contribution in [-0.4, -0.2) is 66.3 Å². The summed E-state index contributed by atoms with van der Waals surface area (Å²) < 4.78 is 0. The zero-order chi connectivity index (χ0) is 19.6. The van der Waals surface area contributed by atoms with Crippen molar-refractivity contribution in [3.05, 3.63) is 0 Å². The molecule has 2 aliphatic heterocycles.